The minimum absolute atomic E-state index is 0.0296. The number of anilines is 2. The van der Waals surface area contributed by atoms with E-state index in [-0.39, 0.29) is 5.57 Å². The Morgan fingerprint density at radius 2 is 1.96 bits per heavy atom. The number of nitriles is 2. The molecule has 0 aliphatic carbocycles. The third-order valence-corrected chi connectivity index (χ3v) is 3.73. The first kappa shape index (κ1) is 16.4. The Hall–Kier alpha value is -2.99. The molecule has 1 aliphatic rings. The monoisotopic (exact) mass is 310 g/mol. The maximum Gasteiger partial charge on any atom is 0.337 e. The minimum Gasteiger partial charge on any atom is -0.465 e. The summed E-state index contributed by atoms with van der Waals surface area (Å²) in [6, 6.07) is 8.87. The van der Waals surface area contributed by atoms with Crippen LogP contribution in [0.25, 0.3) is 0 Å². The fourth-order valence-electron chi connectivity index (χ4n) is 2.55. The lowest BCUT2D eigenvalue weighted by molar-refractivity contribution is 0.0601. The molecule has 23 heavy (non-hydrogen) atoms. The summed E-state index contributed by atoms with van der Waals surface area (Å²) >= 11 is 0. The summed E-state index contributed by atoms with van der Waals surface area (Å²) in [4.78, 5) is 14.0. The molecule has 1 aromatic carbocycles. The lowest BCUT2D eigenvalue weighted by Crippen LogP contribution is -2.30. The fraction of sp³-hybridized carbons (Fsp3) is 0.353. The topological polar surface area (TPSA) is 89.2 Å². The summed E-state index contributed by atoms with van der Waals surface area (Å²) in [5.41, 5.74) is 2.01. The SMILES string of the molecule is COC(=O)c1ccc(N2CCCCC2)c(NC=C(C#N)C#N)c1. The predicted molar refractivity (Wildman–Crippen MR) is 86.8 cm³/mol. The van der Waals surface area contributed by atoms with Crippen molar-refractivity contribution in [3.8, 4) is 12.1 Å². The maximum atomic E-state index is 11.7. The summed E-state index contributed by atoms with van der Waals surface area (Å²) in [6.07, 6.45) is 4.81. The first-order valence-corrected chi connectivity index (χ1v) is 7.44. The minimum atomic E-state index is -0.428. The average molecular weight is 310 g/mol. The van der Waals surface area contributed by atoms with Crippen molar-refractivity contribution in [3.05, 3.63) is 35.5 Å². The van der Waals surface area contributed by atoms with E-state index in [4.69, 9.17) is 15.3 Å². The number of ether oxygens (including phenoxy) is 1. The third-order valence-electron chi connectivity index (χ3n) is 3.73. The largest absolute Gasteiger partial charge is 0.465 e. The molecule has 0 unspecified atom stereocenters. The zero-order valence-corrected chi connectivity index (χ0v) is 13.0. The number of nitrogens with one attached hydrogen (secondary N) is 1. The quantitative estimate of drug-likeness (QED) is 0.679. The van der Waals surface area contributed by atoms with Gasteiger partial charge in [-0.2, -0.15) is 10.5 Å². The van der Waals surface area contributed by atoms with E-state index in [1.807, 2.05) is 6.07 Å². The first-order chi connectivity index (χ1) is 11.2. The third kappa shape index (κ3) is 4.02. The van der Waals surface area contributed by atoms with Gasteiger partial charge in [0.2, 0.25) is 0 Å². The maximum absolute atomic E-state index is 11.7. The van der Waals surface area contributed by atoms with Crippen LogP contribution in [0.1, 0.15) is 29.6 Å². The number of piperidine rings is 1. The van der Waals surface area contributed by atoms with E-state index in [1.165, 1.54) is 19.7 Å². The summed E-state index contributed by atoms with van der Waals surface area (Å²) in [5, 5.41) is 20.7. The second-order valence-corrected chi connectivity index (χ2v) is 5.20. The van der Waals surface area contributed by atoms with E-state index in [2.05, 4.69) is 10.2 Å². The Morgan fingerprint density at radius 3 is 2.57 bits per heavy atom. The number of carbonyl (C=O) groups is 1. The molecule has 0 amide bonds. The number of allylic oxidation sites excluding steroid dienone is 1. The smallest absolute Gasteiger partial charge is 0.337 e. The van der Waals surface area contributed by atoms with Crippen molar-refractivity contribution < 1.29 is 9.53 Å². The molecule has 118 valence electrons. The molecule has 0 saturated carbocycles. The van der Waals surface area contributed by atoms with Crippen LogP contribution in [0.3, 0.4) is 0 Å². The Kier molecular flexibility index (Phi) is 5.60. The lowest BCUT2D eigenvalue weighted by atomic mass is 10.1. The van der Waals surface area contributed by atoms with Crippen molar-refractivity contribution in [3.63, 3.8) is 0 Å². The van der Waals surface area contributed by atoms with E-state index in [0.717, 1.165) is 31.6 Å². The van der Waals surface area contributed by atoms with Gasteiger partial charge in [-0.25, -0.2) is 4.79 Å². The van der Waals surface area contributed by atoms with Crippen LogP contribution in [0.5, 0.6) is 0 Å². The molecule has 6 heteroatoms. The number of carbonyl (C=O) groups excluding carboxylic acids is 1. The highest BCUT2D eigenvalue weighted by atomic mass is 16.5. The Morgan fingerprint density at radius 1 is 1.26 bits per heavy atom. The number of methoxy groups -OCH3 is 1. The van der Waals surface area contributed by atoms with Crippen molar-refractivity contribution in [2.45, 2.75) is 19.3 Å². The van der Waals surface area contributed by atoms with Crippen molar-refractivity contribution in [2.75, 3.05) is 30.4 Å². The van der Waals surface area contributed by atoms with Crippen molar-refractivity contribution in [2.24, 2.45) is 0 Å². The number of nitrogens with zero attached hydrogens (tertiary/aromatic N) is 3. The highest BCUT2D eigenvalue weighted by Crippen LogP contribution is 2.30. The van der Waals surface area contributed by atoms with Gasteiger partial charge in [0.05, 0.1) is 24.0 Å². The van der Waals surface area contributed by atoms with Gasteiger partial charge in [0.25, 0.3) is 0 Å². The van der Waals surface area contributed by atoms with E-state index in [0.29, 0.717) is 11.3 Å². The Balaban J connectivity index is 2.36. The predicted octanol–water partition coefficient (Wildman–Crippen LogP) is 2.81. The van der Waals surface area contributed by atoms with Crippen LogP contribution in [-0.2, 0) is 4.74 Å². The molecule has 1 N–H and O–H groups in total. The number of hydrogen-bond donors (Lipinski definition) is 1. The summed E-state index contributed by atoms with van der Waals surface area (Å²) < 4.78 is 4.74. The van der Waals surface area contributed by atoms with Crippen molar-refractivity contribution in [1.82, 2.24) is 0 Å². The molecule has 1 aromatic rings. The van der Waals surface area contributed by atoms with Crippen LogP contribution in [0, 0.1) is 22.7 Å². The molecule has 0 radical (unpaired) electrons. The highest BCUT2D eigenvalue weighted by molar-refractivity contribution is 5.92. The van der Waals surface area contributed by atoms with E-state index in [1.54, 1.807) is 24.3 Å². The van der Waals surface area contributed by atoms with Gasteiger partial charge in [-0.3, -0.25) is 0 Å². The normalized spacial score (nSPS) is 13.4. The average Bonchev–Trinajstić information content (AvgIpc) is 2.62. The van der Waals surface area contributed by atoms with E-state index < -0.39 is 5.97 Å². The van der Waals surface area contributed by atoms with Crippen molar-refractivity contribution in [1.29, 1.82) is 10.5 Å². The van der Waals surface area contributed by atoms with Gasteiger partial charge in [0.1, 0.15) is 17.7 Å². The van der Waals surface area contributed by atoms with Gasteiger partial charge < -0.3 is 15.0 Å². The molecule has 2 rings (SSSR count). The van der Waals surface area contributed by atoms with Crippen LogP contribution < -0.4 is 10.2 Å². The molecule has 1 saturated heterocycles. The van der Waals surface area contributed by atoms with Gasteiger partial charge in [0.15, 0.2) is 0 Å². The van der Waals surface area contributed by atoms with Crippen LogP contribution in [0.15, 0.2) is 30.0 Å². The molecular weight excluding hydrogens is 292 g/mol. The molecule has 0 atom stereocenters. The van der Waals surface area contributed by atoms with Gasteiger partial charge in [-0.15, -0.1) is 0 Å². The molecule has 1 fully saturated rings. The standard InChI is InChI=1S/C17H18N4O2/c1-23-17(22)14-5-6-16(21-7-3-2-4-8-21)15(9-14)20-12-13(10-18)11-19/h5-6,9,12,20H,2-4,7-8H2,1H3. The highest BCUT2D eigenvalue weighted by Gasteiger charge is 2.16. The summed E-state index contributed by atoms with van der Waals surface area (Å²) in [7, 11) is 1.33. The van der Waals surface area contributed by atoms with Crippen LogP contribution in [0.2, 0.25) is 0 Å². The second-order valence-electron chi connectivity index (χ2n) is 5.20. The molecular formula is C17H18N4O2. The Labute approximate surface area is 135 Å². The molecule has 0 aromatic heterocycles. The molecule has 6 nitrogen and oxygen atoms in total. The van der Waals surface area contributed by atoms with Crippen LogP contribution in [-0.4, -0.2) is 26.2 Å². The Bertz CT molecular complexity index is 676. The van der Waals surface area contributed by atoms with Gasteiger partial charge in [-0.05, 0) is 37.5 Å². The number of rotatable bonds is 4. The van der Waals surface area contributed by atoms with Crippen LogP contribution in [0.4, 0.5) is 11.4 Å². The van der Waals surface area contributed by atoms with Gasteiger partial charge in [-0.1, -0.05) is 0 Å². The van der Waals surface area contributed by atoms with E-state index >= 15 is 0 Å². The van der Waals surface area contributed by atoms with Gasteiger partial charge >= 0.3 is 5.97 Å². The van der Waals surface area contributed by atoms with Gasteiger partial charge in [0, 0.05) is 19.3 Å². The van der Waals surface area contributed by atoms with Crippen LogP contribution >= 0.6 is 0 Å². The van der Waals surface area contributed by atoms with E-state index in [9.17, 15) is 4.79 Å². The zero-order chi connectivity index (χ0) is 16.7. The molecule has 0 bridgehead atoms. The lowest BCUT2D eigenvalue weighted by Gasteiger charge is -2.30. The molecule has 0 spiro atoms. The molecule has 1 aliphatic heterocycles. The zero-order valence-electron chi connectivity index (χ0n) is 13.0. The number of benzene rings is 1. The number of esters is 1. The first-order valence-electron chi connectivity index (χ1n) is 7.44. The summed E-state index contributed by atoms with van der Waals surface area (Å²) in [6.45, 7) is 1.89. The molecule has 1 heterocycles. The summed E-state index contributed by atoms with van der Waals surface area (Å²) in [5.74, 6) is -0.428. The fourth-order valence-corrected chi connectivity index (χ4v) is 2.55. The second kappa shape index (κ2) is 7.86. The number of hydrogen-bond acceptors (Lipinski definition) is 6. The van der Waals surface area contributed by atoms with Crippen molar-refractivity contribution >= 4 is 17.3 Å².